The maximum Gasteiger partial charge on any atom is 0.251 e. The molecule has 178 valence electrons. The molecule has 0 aliphatic carbocycles. The number of anilines is 1. The van der Waals surface area contributed by atoms with E-state index >= 15 is 0 Å². The number of aliphatic imine (C=N–C) groups is 1. The van der Waals surface area contributed by atoms with Crippen LogP contribution in [0, 0.1) is 17.1 Å². The zero-order valence-corrected chi connectivity index (χ0v) is 19.5. The molecule has 1 atom stereocenters. The first-order valence-corrected chi connectivity index (χ1v) is 10.6. The number of halogens is 1. The van der Waals surface area contributed by atoms with Crippen LogP contribution in [0.25, 0.3) is 5.70 Å². The highest BCUT2D eigenvalue weighted by Gasteiger charge is 2.37. The number of methoxy groups -OCH3 is 1. The van der Waals surface area contributed by atoms with Gasteiger partial charge in [-0.1, -0.05) is 13.5 Å². The SMILES string of the molecule is C=C(N=C1/C(=C\N)n2cnc(C#N)c2[C@@H](CC)N1C(C)C)Nc1cc(F)c(C(N)=O)cc1OC. The van der Waals surface area contributed by atoms with Crippen molar-refractivity contribution in [3.63, 3.8) is 0 Å². The molecule has 0 fully saturated rings. The molecular formula is C23H27FN8O2. The minimum atomic E-state index is -0.910. The van der Waals surface area contributed by atoms with Crippen LogP contribution < -0.4 is 21.5 Å². The molecule has 0 unspecified atom stereocenters. The van der Waals surface area contributed by atoms with Gasteiger partial charge in [0.2, 0.25) is 0 Å². The predicted molar refractivity (Wildman–Crippen MR) is 127 cm³/mol. The minimum Gasteiger partial charge on any atom is -0.495 e. The van der Waals surface area contributed by atoms with Crippen molar-refractivity contribution in [2.45, 2.75) is 39.3 Å². The Morgan fingerprint density at radius 2 is 2.21 bits per heavy atom. The summed E-state index contributed by atoms with van der Waals surface area (Å²) in [7, 11) is 1.38. The van der Waals surface area contributed by atoms with Gasteiger partial charge < -0.3 is 26.4 Å². The van der Waals surface area contributed by atoms with Crippen LogP contribution in [0.2, 0.25) is 0 Å². The molecule has 0 saturated heterocycles. The number of hydrogen-bond acceptors (Lipinski definition) is 7. The number of imidazole rings is 1. The fourth-order valence-electron chi connectivity index (χ4n) is 4.06. The quantitative estimate of drug-likeness (QED) is 0.568. The van der Waals surface area contributed by atoms with Crippen LogP contribution in [0.5, 0.6) is 5.75 Å². The summed E-state index contributed by atoms with van der Waals surface area (Å²) < 4.78 is 21.4. The molecule has 11 heteroatoms. The summed E-state index contributed by atoms with van der Waals surface area (Å²) >= 11 is 0. The summed E-state index contributed by atoms with van der Waals surface area (Å²) in [5.41, 5.74) is 12.7. The van der Waals surface area contributed by atoms with Gasteiger partial charge in [0.1, 0.15) is 35.5 Å². The number of hydrogen-bond donors (Lipinski definition) is 3. The molecule has 34 heavy (non-hydrogen) atoms. The van der Waals surface area contributed by atoms with Gasteiger partial charge >= 0.3 is 0 Å². The number of amidine groups is 1. The van der Waals surface area contributed by atoms with Crippen molar-refractivity contribution < 1.29 is 13.9 Å². The maximum atomic E-state index is 14.4. The van der Waals surface area contributed by atoms with Crippen LogP contribution in [0.4, 0.5) is 10.1 Å². The van der Waals surface area contributed by atoms with Crippen molar-refractivity contribution in [1.29, 1.82) is 5.26 Å². The number of aromatic nitrogens is 2. The molecule has 1 aromatic carbocycles. The van der Waals surface area contributed by atoms with Crippen LogP contribution in [-0.4, -0.2) is 39.3 Å². The highest BCUT2D eigenvalue weighted by atomic mass is 19.1. The Morgan fingerprint density at radius 3 is 2.74 bits per heavy atom. The van der Waals surface area contributed by atoms with Crippen molar-refractivity contribution in [3.8, 4) is 11.8 Å². The van der Waals surface area contributed by atoms with E-state index in [1.165, 1.54) is 19.4 Å². The van der Waals surface area contributed by atoms with E-state index in [2.05, 4.69) is 27.9 Å². The molecule has 1 aliphatic heterocycles. The molecule has 1 aromatic heterocycles. The van der Waals surface area contributed by atoms with Gasteiger partial charge in [-0.2, -0.15) is 5.26 Å². The maximum absolute atomic E-state index is 14.4. The second kappa shape index (κ2) is 9.66. The van der Waals surface area contributed by atoms with Crippen LogP contribution in [-0.2, 0) is 0 Å². The van der Waals surface area contributed by atoms with Crippen LogP contribution in [0.3, 0.4) is 0 Å². The Balaban J connectivity index is 2.08. The van der Waals surface area contributed by atoms with Crippen molar-refractivity contribution >= 4 is 23.1 Å². The third kappa shape index (κ3) is 4.17. The van der Waals surface area contributed by atoms with Gasteiger partial charge in [-0.15, -0.1) is 0 Å². The number of primary amides is 1. The lowest BCUT2D eigenvalue weighted by Gasteiger charge is -2.42. The number of carbonyl (C=O) groups excluding carboxylic acids is 1. The number of carbonyl (C=O) groups is 1. The van der Waals surface area contributed by atoms with Crippen LogP contribution >= 0.6 is 0 Å². The minimum absolute atomic E-state index is 0.0107. The van der Waals surface area contributed by atoms with E-state index in [-0.39, 0.29) is 34.9 Å². The molecule has 10 nitrogen and oxygen atoms in total. The number of nitriles is 1. The molecule has 0 radical (unpaired) electrons. The van der Waals surface area contributed by atoms with Gasteiger partial charge in [0, 0.05) is 18.3 Å². The Morgan fingerprint density at radius 1 is 1.50 bits per heavy atom. The number of benzene rings is 1. The zero-order valence-electron chi connectivity index (χ0n) is 19.5. The summed E-state index contributed by atoms with van der Waals surface area (Å²) in [5, 5.41) is 12.5. The lowest BCUT2D eigenvalue weighted by atomic mass is 10.0. The topological polar surface area (TPSA) is 148 Å². The van der Waals surface area contributed by atoms with E-state index in [0.717, 1.165) is 11.8 Å². The van der Waals surface area contributed by atoms with Crippen molar-refractivity contribution in [2.24, 2.45) is 16.5 Å². The normalized spacial score (nSPS) is 17.6. The number of nitrogens with two attached hydrogens (primary N) is 2. The largest absolute Gasteiger partial charge is 0.495 e. The first-order valence-electron chi connectivity index (χ1n) is 10.6. The number of ether oxygens (including phenoxy) is 1. The Kier molecular flexibility index (Phi) is 6.91. The van der Waals surface area contributed by atoms with Crippen molar-refractivity contribution in [2.75, 3.05) is 12.4 Å². The number of nitrogens with one attached hydrogen (secondary N) is 1. The highest BCUT2D eigenvalue weighted by molar-refractivity contribution is 6.18. The lowest BCUT2D eigenvalue weighted by Crippen LogP contribution is -2.46. The predicted octanol–water partition coefficient (Wildman–Crippen LogP) is 2.92. The smallest absolute Gasteiger partial charge is 0.251 e. The molecule has 2 aromatic rings. The molecule has 1 amide bonds. The van der Waals surface area contributed by atoms with Gasteiger partial charge in [0.25, 0.3) is 5.91 Å². The summed E-state index contributed by atoms with van der Waals surface area (Å²) in [5.74, 6) is -0.851. The van der Waals surface area contributed by atoms with Gasteiger partial charge in [-0.05, 0) is 26.3 Å². The summed E-state index contributed by atoms with van der Waals surface area (Å²) in [6.07, 6.45) is 3.62. The number of nitrogens with zero attached hydrogens (tertiary/aromatic N) is 5. The van der Waals surface area contributed by atoms with Crippen molar-refractivity contribution in [3.05, 3.63) is 59.8 Å². The summed E-state index contributed by atoms with van der Waals surface area (Å²) in [6, 6.07) is 4.25. The van der Waals surface area contributed by atoms with Gasteiger partial charge in [-0.3, -0.25) is 9.36 Å². The van der Waals surface area contributed by atoms with Crippen LogP contribution in [0.1, 0.15) is 55.0 Å². The van der Waals surface area contributed by atoms with E-state index in [9.17, 15) is 14.4 Å². The van der Waals surface area contributed by atoms with Gasteiger partial charge in [0.05, 0.1) is 30.1 Å². The lowest BCUT2D eigenvalue weighted by molar-refractivity contribution is 0.0996. The van der Waals surface area contributed by atoms with Crippen LogP contribution in [0.15, 0.2) is 42.1 Å². The fourth-order valence-corrected chi connectivity index (χ4v) is 4.06. The average Bonchev–Trinajstić information content (AvgIpc) is 3.21. The molecular weight excluding hydrogens is 439 g/mol. The third-order valence-corrected chi connectivity index (χ3v) is 5.47. The zero-order chi connectivity index (χ0) is 25.2. The first kappa shape index (κ1) is 24.3. The Hall–Kier alpha value is -4.33. The molecule has 0 spiro atoms. The second-order valence-electron chi connectivity index (χ2n) is 7.84. The molecule has 3 rings (SSSR count). The average molecular weight is 467 g/mol. The van der Waals surface area contributed by atoms with E-state index in [0.29, 0.717) is 23.6 Å². The number of fused-ring (bicyclic) bond motifs is 1. The highest BCUT2D eigenvalue weighted by Crippen LogP contribution is 2.37. The molecule has 0 bridgehead atoms. The second-order valence-corrected chi connectivity index (χ2v) is 7.84. The third-order valence-electron chi connectivity index (χ3n) is 5.47. The van der Waals surface area contributed by atoms with E-state index in [1.807, 2.05) is 25.7 Å². The van der Waals surface area contributed by atoms with Crippen molar-refractivity contribution in [1.82, 2.24) is 14.5 Å². The number of amides is 1. The standard InChI is InChI=1S/C23H27FN8O2/c1-6-18-21-17(9-25)28-11-31(21)19(10-26)23(32(18)12(2)3)30-13(4)29-16-8-15(24)14(22(27)33)7-20(16)34-5/h7-8,10-12,18,29H,4,6,26H2,1-3,5H3,(H2,27,33)/b19-10+,30-23?/t18-/m1/s1. The Bertz CT molecular complexity index is 1240. The summed E-state index contributed by atoms with van der Waals surface area (Å²) in [4.78, 5) is 22.4. The molecule has 5 N–H and O–H groups in total. The molecule has 1 aliphatic rings. The number of rotatable bonds is 7. The van der Waals surface area contributed by atoms with E-state index in [1.54, 1.807) is 10.9 Å². The molecule has 2 heterocycles. The van der Waals surface area contributed by atoms with Gasteiger partial charge in [0.15, 0.2) is 11.5 Å². The molecule has 0 saturated carbocycles. The van der Waals surface area contributed by atoms with E-state index in [4.69, 9.17) is 16.2 Å². The monoisotopic (exact) mass is 466 g/mol. The first-order chi connectivity index (χ1) is 16.2. The summed E-state index contributed by atoms with van der Waals surface area (Å²) in [6.45, 7) is 9.97. The van der Waals surface area contributed by atoms with Gasteiger partial charge in [-0.25, -0.2) is 14.4 Å². The Labute approximate surface area is 197 Å². The van der Waals surface area contributed by atoms with E-state index < -0.39 is 11.7 Å². The fraction of sp³-hybridized carbons (Fsp3) is 0.304.